The molecule has 4 aromatic rings. The van der Waals surface area contributed by atoms with E-state index >= 15 is 0 Å². The fourth-order valence-electron chi connectivity index (χ4n) is 4.06. The topological polar surface area (TPSA) is 130 Å². The summed E-state index contributed by atoms with van der Waals surface area (Å²) in [5.41, 5.74) is 1.55. The Kier molecular flexibility index (Phi) is 5.94. The van der Waals surface area contributed by atoms with Gasteiger partial charge >= 0.3 is 0 Å². The van der Waals surface area contributed by atoms with Gasteiger partial charge in [0.25, 0.3) is 11.5 Å². The Balaban J connectivity index is 1.66. The summed E-state index contributed by atoms with van der Waals surface area (Å²) in [5, 5.41) is 20.7. The van der Waals surface area contributed by atoms with Gasteiger partial charge in [-0.25, -0.2) is 4.98 Å². The molecule has 4 aromatic heterocycles. The van der Waals surface area contributed by atoms with Crippen molar-refractivity contribution in [1.29, 1.82) is 5.41 Å². The van der Waals surface area contributed by atoms with Crippen molar-refractivity contribution in [2.45, 2.75) is 20.4 Å². The molecule has 0 aliphatic carbocycles. The van der Waals surface area contributed by atoms with E-state index < -0.39 is 5.91 Å². The van der Waals surface area contributed by atoms with Gasteiger partial charge in [-0.3, -0.25) is 29.6 Å². The smallest absolute Gasteiger partial charge is 0.267 e. The lowest BCUT2D eigenvalue weighted by Gasteiger charge is -2.27. The zero-order chi connectivity index (χ0) is 23.8. The Morgan fingerprint density at radius 1 is 1.21 bits per heavy atom. The Morgan fingerprint density at radius 2 is 2.00 bits per heavy atom. The highest BCUT2D eigenvalue weighted by Gasteiger charge is 2.20. The van der Waals surface area contributed by atoms with Gasteiger partial charge in [-0.1, -0.05) is 17.4 Å². The van der Waals surface area contributed by atoms with Crippen molar-refractivity contribution in [2.24, 2.45) is 0 Å². The summed E-state index contributed by atoms with van der Waals surface area (Å²) >= 11 is 1.24. The first-order valence-electron chi connectivity index (χ1n) is 10.9. The Bertz CT molecular complexity index is 1520. The summed E-state index contributed by atoms with van der Waals surface area (Å²) in [4.78, 5) is 33.5. The van der Waals surface area contributed by atoms with Crippen molar-refractivity contribution >= 4 is 39.1 Å². The largest absolute Gasteiger partial charge is 0.379 e. The minimum atomic E-state index is -0.517. The molecule has 5 rings (SSSR count). The highest BCUT2D eigenvalue weighted by atomic mass is 32.1. The quantitative estimate of drug-likeness (QED) is 0.410. The molecule has 0 bridgehead atoms. The molecule has 0 atom stereocenters. The van der Waals surface area contributed by atoms with Gasteiger partial charge < -0.3 is 9.30 Å². The molecule has 1 aliphatic heterocycles. The first-order valence-corrected chi connectivity index (χ1v) is 11.8. The van der Waals surface area contributed by atoms with E-state index in [1.165, 1.54) is 21.8 Å². The zero-order valence-corrected chi connectivity index (χ0v) is 19.7. The number of ether oxygens (including phenoxy) is 1. The van der Waals surface area contributed by atoms with Crippen LogP contribution < -0.4 is 16.4 Å². The fourth-order valence-corrected chi connectivity index (χ4v) is 4.65. The van der Waals surface area contributed by atoms with E-state index in [0.29, 0.717) is 47.7 Å². The number of nitrogens with one attached hydrogen (secondary N) is 2. The fraction of sp³-hybridized carbons (Fsp3) is 0.364. The molecule has 1 aliphatic rings. The van der Waals surface area contributed by atoms with Crippen LogP contribution in [-0.4, -0.2) is 67.8 Å². The number of hydrogen-bond acceptors (Lipinski definition) is 9. The lowest BCUT2D eigenvalue weighted by atomic mass is 10.2. The van der Waals surface area contributed by atoms with Crippen LogP contribution in [-0.2, 0) is 11.3 Å². The molecule has 2 N–H and O–H groups in total. The van der Waals surface area contributed by atoms with Crippen molar-refractivity contribution < 1.29 is 9.53 Å². The van der Waals surface area contributed by atoms with Gasteiger partial charge in [0.1, 0.15) is 21.8 Å². The molecular weight excluding hydrogens is 456 g/mol. The van der Waals surface area contributed by atoms with E-state index in [-0.39, 0.29) is 22.0 Å². The van der Waals surface area contributed by atoms with Crippen molar-refractivity contribution in [1.82, 2.24) is 29.0 Å². The van der Waals surface area contributed by atoms with Crippen LogP contribution in [0.5, 0.6) is 0 Å². The van der Waals surface area contributed by atoms with Crippen LogP contribution in [0.4, 0.5) is 5.13 Å². The molecule has 0 saturated carbocycles. The molecule has 0 radical (unpaired) electrons. The third kappa shape index (κ3) is 4.11. The highest BCUT2D eigenvalue weighted by molar-refractivity contribution is 7.15. The number of aromatic nitrogens is 5. The number of morpholine rings is 1. The van der Waals surface area contributed by atoms with Gasteiger partial charge in [0.05, 0.1) is 24.2 Å². The minimum absolute atomic E-state index is 0.00988. The van der Waals surface area contributed by atoms with Gasteiger partial charge in [0.15, 0.2) is 0 Å². The Hall–Kier alpha value is -3.48. The van der Waals surface area contributed by atoms with Crippen LogP contribution in [0.1, 0.15) is 20.9 Å². The van der Waals surface area contributed by atoms with Gasteiger partial charge in [0, 0.05) is 32.4 Å². The molecule has 12 heteroatoms. The molecule has 1 amide bonds. The normalized spacial score (nSPS) is 14.6. The predicted molar refractivity (Wildman–Crippen MR) is 127 cm³/mol. The monoisotopic (exact) mass is 480 g/mol. The van der Waals surface area contributed by atoms with Gasteiger partial charge in [0.2, 0.25) is 5.13 Å². The number of anilines is 1. The van der Waals surface area contributed by atoms with Gasteiger partial charge in [-0.15, -0.1) is 10.2 Å². The lowest BCUT2D eigenvalue weighted by molar-refractivity contribution is 0.0363. The molecule has 0 spiro atoms. The van der Waals surface area contributed by atoms with Crippen molar-refractivity contribution in [3.8, 4) is 0 Å². The molecule has 5 heterocycles. The SMILES string of the molecule is Cc1nnc(NC(=O)c2cc3c(=O)n4cccc(C)c4nc3n(CCN3CCOCC3)c2=N)s1. The minimum Gasteiger partial charge on any atom is -0.379 e. The zero-order valence-electron chi connectivity index (χ0n) is 18.9. The molecule has 0 unspecified atom stereocenters. The van der Waals surface area contributed by atoms with Crippen LogP contribution in [0.15, 0.2) is 29.2 Å². The second-order valence-corrected chi connectivity index (χ2v) is 9.31. The van der Waals surface area contributed by atoms with Crippen LogP contribution in [0.25, 0.3) is 16.7 Å². The average Bonchev–Trinajstić information content (AvgIpc) is 3.24. The number of hydrogen-bond donors (Lipinski definition) is 2. The standard InChI is InChI=1S/C22H24N8O3S/c1-13-4-3-5-30-18(13)24-19-16(21(30)32)12-15(20(31)25-22-27-26-14(2)34-22)17(23)29(19)7-6-28-8-10-33-11-9-28/h3-5,12,23H,6-11H2,1-2H3,(H,25,27,31). The maximum atomic E-state index is 13.4. The van der Waals surface area contributed by atoms with Crippen molar-refractivity contribution in [2.75, 3.05) is 38.2 Å². The van der Waals surface area contributed by atoms with Crippen LogP contribution in [0.3, 0.4) is 0 Å². The summed E-state index contributed by atoms with van der Waals surface area (Å²) < 4.78 is 8.55. The summed E-state index contributed by atoms with van der Waals surface area (Å²) in [7, 11) is 0. The van der Waals surface area contributed by atoms with Crippen LogP contribution in [0, 0.1) is 19.3 Å². The van der Waals surface area contributed by atoms with E-state index in [2.05, 4.69) is 20.4 Å². The number of carbonyl (C=O) groups excluding carboxylic acids is 1. The molecule has 11 nitrogen and oxygen atoms in total. The maximum Gasteiger partial charge on any atom is 0.267 e. The number of nitrogens with zero attached hydrogens (tertiary/aromatic N) is 6. The highest BCUT2D eigenvalue weighted by Crippen LogP contribution is 2.16. The third-order valence-electron chi connectivity index (χ3n) is 5.87. The number of aryl methyl sites for hydroxylation is 2. The second-order valence-electron chi connectivity index (χ2n) is 8.13. The van der Waals surface area contributed by atoms with E-state index in [0.717, 1.165) is 18.7 Å². The van der Waals surface area contributed by atoms with Crippen molar-refractivity contribution in [3.05, 3.63) is 56.4 Å². The molecule has 176 valence electrons. The van der Waals surface area contributed by atoms with Crippen LogP contribution >= 0.6 is 11.3 Å². The average molecular weight is 481 g/mol. The molecule has 1 saturated heterocycles. The number of amides is 1. The lowest BCUT2D eigenvalue weighted by Crippen LogP contribution is -2.40. The number of pyridine rings is 2. The third-order valence-corrected chi connectivity index (χ3v) is 6.62. The van der Waals surface area contributed by atoms with Gasteiger partial charge in [-0.2, -0.15) is 0 Å². The number of carbonyl (C=O) groups is 1. The predicted octanol–water partition coefficient (Wildman–Crippen LogP) is 1.18. The molecular formula is C22H24N8O3S. The summed E-state index contributed by atoms with van der Waals surface area (Å²) in [6.45, 7) is 7.63. The molecule has 1 fully saturated rings. The molecule has 0 aromatic carbocycles. The summed E-state index contributed by atoms with van der Waals surface area (Å²) in [6, 6.07) is 5.13. The first-order chi connectivity index (χ1) is 16.4. The van der Waals surface area contributed by atoms with E-state index in [4.69, 9.17) is 15.1 Å². The number of rotatable bonds is 5. The maximum absolute atomic E-state index is 13.4. The van der Waals surface area contributed by atoms with Gasteiger partial charge in [-0.05, 0) is 31.5 Å². The molecule has 34 heavy (non-hydrogen) atoms. The van der Waals surface area contributed by atoms with E-state index in [1.54, 1.807) is 23.8 Å². The summed E-state index contributed by atoms with van der Waals surface area (Å²) in [5.74, 6) is -0.517. The Morgan fingerprint density at radius 3 is 2.74 bits per heavy atom. The Labute approximate surface area is 198 Å². The first kappa shape index (κ1) is 22.3. The summed E-state index contributed by atoms with van der Waals surface area (Å²) in [6.07, 6.45) is 1.66. The van der Waals surface area contributed by atoms with E-state index in [9.17, 15) is 9.59 Å². The van der Waals surface area contributed by atoms with Crippen molar-refractivity contribution in [3.63, 3.8) is 0 Å². The van der Waals surface area contributed by atoms with E-state index in [1.807, 2.05) is 13.0 Å². The number of fused-ring (bicyclic) bond motifs is 2. The van der Waals surface area contributed by atoms with Crippen LogP contribution in [0.2, 0.25) is 0 Å². The second kappa shape index (κ2) is 9.05.